The Morgan fingerprint density at radius 1 is 1.11 bits per heavy atom. The van der Waals surface area contributed by atoms with Gasteiger partial charge < -0.3 is 5.32 Å². The maximum atomic E-state index is 12.7. The van der Waals surface area contributed by atoms with Crippen LogP contribution in [0, 0.1) is 6.92 Å². The monoisotopic (exact) mass is 393 g/mol. The minimum Gasteiger partial charge on any atom is -0.347 e. The van der Waals surface area contributed by atoms with E-state index in [4.69, 9.17) is 11.6 Å². The zero-order chi connectivity index (χ0) is 20.1. The second-order valence-corrected chi connectivity index (χ2v) is 8.17. The highest BCUT2D eigenvalue weighted by molar-refractivity contribution is 6.33. The number of halogens is 1. The Bertz CT molecular complexity index is 1220. The predicted molar refractivity (Wildman–Crippen MR) is 111 cm³/mol. The highest BCUT2D eigenvalue weighted by Crippen LogP contribution is 2.29. The quantitative estimate of drug-likeness (QED) is 0.546. The normalized spacial score (nSPS) is 11.9. The summed E-state index contributed by atoms with van der Waals surface area (Å²) < 4.78 is 1.91. The minimum atomic E-state index is -0.327. The zero-order valence-corrected chi connectivity index (χ0v) is 16.9. The lowest BCUT2D eigenvalue weighted by atomic mass is 10.1. The molecule has 0 radical (unpaired) electrons. The van der Waals surface area contributed by atoms with E-state index in [-0.39, 0.29) is 11.4 Å². The number of carbonyl (C=O) groups is 1. The van der Waals surface area contributed by atoms with Gasteiger partial charge >= 0.3 is 0 Å². The van der Waals surface area contributed by atoms with Crippen LogP contribution in [0.3, 0.4) is 0 Å². The summed E-state index contributed by atoms with van der Waals surface area (Å²) >= 11 is 6.40. The first-order chi connectivity index (χ1) is 13.2. The summed E-state index contributed by atoms with van der Waals surface area (Å²) in [7, 11) is 0. The molecule has 2 heterocycles. The standard InChI is InChI=1S/C21H20ClN5O/c1-12-18-25-26-19(14-7-5-6-8-15(14)22)27(18)17-11-13(9-10-16(17)23-12)20(28)24-21(2,3)4/h5-11H,1-4H3,(H,24,28). The Balaban J connectivity index is 1.99. The van der Waals surface area contributed by atoms with Gasteiger partial charge in [-0.2, -0.15) is 0 Å². The van der Waals surface area contributed by atoms with E-state index in [0.29, 0.717) is 22.1 Å². The minimum absolute atomic E-state index is 0.143. The van der Waals surface area contributed by atoms with E-state index in [0.717, 1.165) is 22.3 Å². The maximum absolute atomic E-state index is 12.7. The molecule has 0 spiro atoms. The van der Waals surface area contributed by atoms with Crippen molar-refractivity contribution < 1.29 is 4.79 Å². The van der Waals surface area contributed by atoms with Crippen molar-refractivity contribution in [3.8, 4) is 11.4 Å². The van der Waals surface area contributed by atoms with Gasteiger partial charge in [-0.25, -0.2) is 4.98 Å². The molecule has 0 aliphatic heterocycles. The number of hydrogen-bond donors (Lipinski definition) is 1. The number of aryl methyl sites for hydroxylation is 1. The molecular weight excluding hydrogens is 374 g/mol. The summed E-state index contributed by atoms with van der Waals surface area (Å²) in [6.07, 6.45) is 0. The smallest absolute Gasteiger partial charge is 0.251 e. The summed E-state index contributed by atoms with van der Waals surface area (Å²) in [6.45, 7) is 7.74. The number of benzene rings is 2. The fraction of sp³-hybridized carbons (Fsp3) is 0.238. The molecule has 142 valence electrons. The highest BCUT2D eigenvalue weighted by Gasteiger charge is 2.19. The Morgan fingerprint density at radius 2 is 1.86 bits per heavy atom. The largest absolute Gasteiger partial charge is 0.347 e. The fourth-order valence-corrected chi connectivity index (χ4v) is 3.37. The van der Waals surface area contributed by atoms with E-state index in [1.165, 1.54) is 0 Å². The van der Waals surface area contributed by atoms with Crippen molar-refractivity contribution in [2.45, 2.75) is 33.2 Å². The molecule has 1 amide bonds. The van der Waals surface area contributed by atoms with Gasteiger partial charge in [-0.3, -0.25) is 9.20 Å². The third-order valence-electron chi connectivity index (χ3n) is 4.36. The van der Waals surface area contributed by atoms with Crippen LogP contribution in [0.25, 0.3) is 28.1 Å². The molecule has 7 heteroatoms. The molecule has 6 nitrogen and oxygen atoms in total. The van der Waals surface area contributed by atoms with Crippen molar-refractivity contribution in [1.29, 1.82) is 0 Å². The van der Waals surface area contributed by atoms with Crippen LogP contribution in [0.5, 0.6) is 0 Å². The summed E-state index contributed by atoms with van der Waals surface area (Å²) in [5.74, 6) is 0.472. The molecule has 2 aromatic heterocycles. The number of amides is 1. The number of carbonyl (C=O) groups excluding carboxylic acids is 1. The number of nitrogens with zero attached hydrogens (tertiary/aromatic N) is 4. The van der Waals surface area contributed by atoms with E-state index in [1.54, 1.807) is 6.07 Å². The van der Waals surface area contributed by atoms with Gasteiger partial charge in [0.2, 0.25) is 0 Å². The van der Waals surface area contributed by atoms with Gasteiger partial charge in [0.15, 0.2) is 11.5 Å². The number of rotatable bonds is 2. The highest BCUT2D eigenvalue weighted by atomic mass is 35.5. The van der Waals surface area contributed by atoms with Gasteiger partial charge in [-0.15, -0.1) is 10.2 Å². The van der Waals surface area contributed by atoms with Gasteiger partial charge in [-0.1, -0.05) is 23.7 Å². The molecule has 0 saturated carbocycles. The van der Waals surface area contributed by atoms with E-state index >= 15 is 0 Å². The topological polar surface area (TPSA) is 72.2 Å². The first-order valence-corrected chi connectivity index (χ1v) is 9.35. The fourth-order valence-electron chi connectivity index (χ4n) is 3.15. The zero-order valence-electron chi connectivity index (χ0n) is 16.1. The van der Waals surface area contributed by atoms with Crippen molar-refractivity contribution in [1.82, 2.24) is 24.9 Å². The Labute approximate surface area is 167 Å². The van der Waals surface area contributed by atoms with Crippen molar-refractivity contribution in [2.75, 3.05) is 0 Å². The van der Waals surface area contributed by atoms with Crippen molar-refractivity contribution in [3.63, 3.8) is 0 Å². The molecule has 0 bridgehead atoms. The van der Waals surface area contributed by atoms with Gasteiger partial charge in [-0.05, 0) is 58.0 Å². The van der Waals surface area contributed by atoms with Crippen LogP contribution >= 0.6 is 11.6 Å². The third kappa shape index (κ3) is 3.20. The molecule has 0 aliphatic carbocycles. The maximum Gasteiger partial charge on any atom is 0.251 e. The second kappa shape index (κ2) is 6.56. The van der Waals surface area contributed by atoms with Crippen molar-refractivity contribution in [2.24, 2.45) is 0 Å². The van der Waals surface area contributed by atoms with Gasteiger partial charge in [0.25, 0.3) is 5.91 Å². The average Bonchev–Trinajstić information content (AvgIpc) is 3.06. The van der Waals surface area contributed by atoms with Crippen LogP contribution < -0.4 is 5.32 Å². The lowest BCUT2D eigenvalue weighted by Crippen LogP contribution is -2.40. The Hall–Kier alpha value is -2.99. The lowest BCUT2D eigenvalue weighted by molar-refractivity contribution is 0.0919. The molecule has 2 aromatic carbocycles. The van der Waals surface area contributed by atoms with Crippen LogP contribution in [-0.2, 0) is 0 Å². The summed E-state index contributed by atoms with van der Waals surface area (Å²) in [5.41, 5.74) is 3.89. The van der Waals surface area contributed by atoms with Crippen LogP contribution in [0.2, 0.25) is 5.02 Å². The first kappa shape index (κ1) is 18.4. The average molecular weight is 394 g/mol. The van der Waals surface area contributed by atoms with Crippen LogP contribution in [0.4, 0.5) is 0 Å². The van der Waals surface area contributed by atoms with Crippen LogP contribution in [0.15, 0.2) is 42.5 Å². The molecule has 0 unspecified atom stereocenters. The molecule has 28 heavy (non-hydrogen) atoms. The van der Waals surface area contributed by atoms with Gasteiger partial charge in [0, 0.05) is 16.7 Å². The molecule has 4 aromatic rings. The molecule has 1 N–H and O–H groups in total. The molecule has 0 aliphatic rings. The van der Waals surface area contributed by atoms with E-state index in [1.807, 2.05) is 68.5 Å². The second-order valence-electron chi connectivity index (χ2n) is 7.77. The van der Waals surface area contributed by atoms with Crippen LogP contribution in [-0.4, -0.2) is 31.0 Å². The van der Waals surface area contributed by atoms with Crippen molar-refractivity contribution in [3.05, 3.63) is 58.7 Å². The summed E-state index contributed by atoms with van der Waals surface area (Å²) in [4.78, 5) is 17.3. The number of nitrogens with one attached hydrogen (secondary N) is 1. The Morgan fingerprint density at radius 3 is 2.57 bits per heavy atom. The molecule has 4 rings (SSSR count). The van der Waals surface area contributed by atoms with E-state index in [2.05, 4.69) is 20.5 Å². The third-order valence-corrected chi connectivity index (χ3v) is 4.69. The van der Waals surface area contributed by atoms with Gasteiger partial charge in [0.1, 0.15) is 0 Å². The van der Waals surface area contributed by atoms with Crippen molar-refractivity contribution >= 4 is 34.2 Å². The summed E-state index contributed by atoms with van der Waals surface area (Å²) in [5, 5.41) is 12.2. The molecule has 0 fully saturated rings. The first-order valence-electron chi connectivity index (χ1n) is 8.97. The lowest BCUT2D eigenvalue weighted by Gasteiger charge is -2.20. The SMILES string of the molecule is Cc1nc2ccc(C(=O)NC(C)(C)C)cc2n2c(-c3ccccc3Cl)nnc12. The molecular formula is C21H20ClN5O. The number of hydrogen-bond acceptors (Lipinski definition) is 4. The molecule has 0 saturated heterocycles. The number of fused-ring (bicyclic) bond motifs is 3. The van der Waals surface area contributed by atoms with E-state index in [9.17, 15) is 4.79 Å². The van der Waals surface area contributed by atoms with Gasteiger partial charge in [0.05, 0.1) is 21.7 Å². The number of aromatic nitrogens is 4. The predicted octanol–water partition coefficient (Wildman–Crippen LogP) is 4.43. The Kier molecular flexibility index (Phi) is 4.31. The summed E-state index contributed by atoms with van der Waals surface area (Å²) in [6, 6.07) is 12.9. The van der Waals surface area contributed by atoms with Crippen LogP contribution in [0.1, 0.15) is 36.8 Å². The van der Waals surface area contributed by atoms with E-state index < -0.39 is 0 Å². The molecule has 0 atom stereocenters.